The number of urea groups is 1. The van der Waals surface area contributed by atoms with Gasteiger partial charge in [0, 0.05) is 17.7 Å². The van der Waals surface area contributed by atoms with Crippen LogP contribution >= 0.6 is 11.6 Å². The molecule has 3 aromatic rings. The maximum atomic E-state index is 13.3. The maximum Gasteiger partial charge on any atom is 0.332 e. The Morgan fingerprint density at radius 2 is 1.74 bits per heavy atom. The minimum absolute atomic E-state index is 0.0618. The molecule has 180 valence electrons. The van der Waals surface area contributed by atoms with Crippen LogP contribution in [-0.4, -0.2) is 35.6 Å². The smallest absolute Gasteiger partial charge is 0.328 e. The molecule has 0 aromatic heterocycles. The van der Waals surface area contributed by atoms with Crippen LogP contribution in [0.1, 0.15) is 28.9 Å². The highest BCUT2D eigenvalue weighted by molar-refractivity contribution is 7.89. The van der Waals surface area contributed by atoms with Gasteiger partial charge in [-0.3, -0.25) is 14.9 Å². The number of hydrogen-bond donors (Lipinski definition) is 2. The molecule has 0 saturated carbocycles. The number of amides is 3. The number of halogens is 1. The van der Waals surface area contributed by atoms with Gasteiger partial charge in [0.2, 0.25) is 0 Å². The Morgan fingerprint density at radius 3 is 2.34 bits per heavy atom. The van der Waals surface area contributed by atoms with Crippen LogP contribution in [0.5, 0.6) is 0 Å². The van der Waals surface area contributed by atoms with Gasteiger partial charge in [-0.25, -0.2) is 17.5 Å². The Kier molecular flexibility index (Phi) is 6.46. The van der Waals surface area contributed by atoms with Crippen molar-refractivity contribution in [3.05, 3.63) is 99.1 Å². The first-order chi connectivity index (χ1) is 16.6. The van der Waals surface area contributed by atoms with Crippen LogP contribution in [0.2, 0.25) is 5.02 Å². The lowest BCUT2D eigenvalue weighted by Gasteiger charge is -2.23. The Morgan fingerprint density at radius 1 is 1.09 bits per heavy atom. The summed E-state index contributed by atoms with van der Waals surface area (Å²) in [4.78, 5) is 35.1. The van der Waals surface area contributed by atoms with Gasteiger partial charge in [-0.05, 0) is 42.8 Å². The predicted octanol–water partition coefficient (Wildman–Crippen LogP) is 4.34. The lowest BCUT2D eigenvalue weighted by atomic mass is 10.0. The van der Waals surface area contributed by atoms with Gasteiger partial charge < -0.3 is 10.6 Å². The van der Waals surface area contributed by atoms with Crippen molar-refractivity contribution >= 4 is 44.9 Å². The zero-order valence-corrected chi connectivity index (χ0v) is 19.8. The Labute approximate surface area is 205 Å². The van der Waals surface area contributed by atoms with Crippen molar-refractivity contribution < 1.29 is 22.9 Å². The van der Waals surface area contributed by atoms with Gasteiger partial charge in [0.1, 0.15) is 0 Å². The number of anilines is 1. The van der Waals surface area contributed by atoms with Crippen molar-refractivity contribution in [2.24, 2.45) is 0 Å². The van der Waals surface area contributed by atoms with Crippen molar-refractivity contribution in [2.75, 3.05) is 5.32 Å². The molecule has 1 aliphatic rings. The number of nitro groups is 1. The Bertz CT molecular complexity index is 1410. The first kappa shape index (κ1) is 24.2. The Hall–Kier alpha value is -3.96. The second-order valence-electron chi connectivity index (χ2n) is 7.78. The highest BCUT2D eigenvalue weighted by atomic mass is 35.5. The van der Waals surface area contributed by atoms with E-state index in [9.17, 15) is 28.1 Å². The fourth-order valence-corrected chi connectivity index (χ4v) is 5.64. The summed E-state index contributed by atoms with van der Waals surface area (Å²) >= 11 is 6.25. The molecule has 12 heteroatoms. The maximum absolute atomic E-state index is 13.3. The summed E-state index contributed by atoms with van der Waals surface area (Å²) < 4.78 is 27.4. The van der Waals surface area contributed by atoms with Gasteiger partial charge in [-0.15, -0.1) is 0 Å². The number of carbonyl (C=O) groups excluding carboxylic acids is 2. The third-order valence-corrected chi connectivity index (χ3v) is 7.75. The van der Waals surface area contributed by atoms with Crippen LogP contribution in [0.3, 0.4) is 0 Å². The summed E-state index contributed by atoms with van der Waals surface area (Å²) in [5.41, 5.74) is 0.894. The van der Waals surface area contributed by atoms with Gasteiger partial charge in [-0.1, -0.05) is 41.9 Å². The number of nitrogens with zero attached hydrogens (tertiary/aromatic N) is 2. The fraction of sp³-hybridized carbons (Fsp3) is 0.130. The van der Waals surface area contributed by atoms with E-state index in [0.29, 0.717) is 0 Å². The van der Waals surface area contributed by atoms with Crippen LogP contribution in [-0.2, 0) is 10.0 Å². The van der Waals surface area contributed by atoms with Gasteiger partial charge in [0.05, 0.1) is 32.6 Å². The number of benzene rings is 3. The molecular formula is C23H19ClN4O6S. The molecule has 35 heavy (non-hydrogen) atoms. The van der Waals surface area contributed by atoms with Crippen LogP contribution in [0.4, 0.5) is 16.2 Å². The molecule has 2 atom stereocenters. The molecular weight excluding hydrogens is 496 g/mol. The molecule has 3 amide bonds. The van der Waals surface area contributed by atoms with Crippen LogP contribution in [0, 0.1) is 10.1 Å². The molecule has 4 rings (SSSR count). The molecule has 0 spiro atoms. The number of rotatable bonds is 6. The van der Waals surface area contributed by atoms with Gasteiger partial charge in [-0.2, -0.15) is 0 Å². The largest absolute Gasteiger partial charge is 0.332 e. The molecule has 3 aromatic carbocycles. The van der Waals surface area contributed by atoms with Crippen molar-refractivity contribution in [1.29, 1.82) is 0 Å². The third-order valence-electron chi connectivity index (χ3n) is 5.58. The van der Waals surface area contributed by atoms with Crippen LogP contribution in [0.15, 0.2) is 77.7 Å². The standard InChI is InChI=1S/C23H19ClN4O6S/c1-14-21(15-5-3-2-4-6-15)26-23(30)27(14)35(33,34)18-11-12-20(19(24)13-18)25-22(29)16-7-9-17(10-8-16)28(31)32/h2-14,21H,1H3,(H,25,29)(H,26,30)/t14?,21-/m1/s1. The van der Waals surface area contributed by atoms with E-state index in [2.05, 4.69) is 10.6 Å². The van der Waals surface area contributed by atoms with Gasteiger partial charge >= 0.3 is 6.03 Å². The highest BCUT2D eigenvalue weighted by Gasteiger charge is 2.44. The minimum atomic E-state index is -4.25. The second-order valence-corrected chi connectivity index (χ2v) is 10.0. The van der Waals surface area contributed by atoms with Gasteiger partial charge in [0.15, 0.2) is 0 Å². The van der Waals surface area contributed by atoms with E-state index in [4.69, 9.17) is 11.6 Å². The summed E-state index contributed by atoms with van der Waals surface area (Å²) in [6, 6.07) is 15.7. The topological polar surface area (TPSA) is 139 Å². The molecule has 1 unspecified atom stereocenters. The average Bonchev–Trinajstić information content (AvgIpc) is 3.15. The van der Waals surface area contributed by atoms with E-state index in [-0.39, 0.29) is 26.9 Å². The SMILES string of the molecule is CC1[C@H](c2ccccc2)NC(=O)N1S(=O)(=O)c1ccc(NC(=O)c2ccc([N+](=O)[O-])cc2)c(Cl)c1. The number of non-ortho nitro benzene ring substituents is 1. The molecule has 10 nitrogen and oxygen atoms in total. The van der Waals surface area contributed by atoms with E-state index in [1.807, 2.05) is 6.07 Å². The van der Waals surface area contributed by atoms with E-state index in [1.165, 1.54) is 36.4 Å². The zero-order valence-electron chi connectivity index (χ0n) is 18.2. The van der Waals surface area contributed by atoms with Crippen LogP contribution < -0.4 is 10.6 Å². The second kappa shape index (κ2) is 9.35. The van der Waals surface area contributed by atoms with E-state index in [0.717, 1.165) is 15.9 Å². The van der Waals surface area contributed by atoms with Crippen molar-refractivity contribution in [1.82, 2.24) is 9.62 Å². The lowest BCUT2D eigenvalue weighted by Crippen LogP contribution is -2.38. The van der Waals surface area contributed by atoms with Crippen molar-refractivity contribution in [3.8, 4) is 0 Å². The number of nitrogens with one attached hydrogen (secondary N) is 2. The quantitative estimate of drug-likeness (QED) is 0.370. The lowest BCUT2D eigenvalue weighted by molar-refractivity contribution is -0.384. The fourth-order valence-electron chi connectivity index (χ4n) is 3.79. The summed E-state index contributed by atoms with van der Waals surface area (Å²) in [6.45, 7) is 1.63. The molecule has 0 bridgehead atoms. The van der Waals surface area contributed by atoms with E-state index < -0.39 is 39.0 Å². The molecule has 1 fully saturated rings. The summed E-state index contributed by atoms with van der Waals surface area (Å²) in [5, 5.41) is 15.9. The minimum Gasteiger partial charge on any atom is -0.328 e. The number of carbonyl (C=O) groups is 2. The van der Waals surface area contributed by atoms with Crippen LogP contribution in [0.25, 0.3) is 0 Å². The molecule has 1 heterocycles. The predicted molar refractivity (Wildman–Crippen MR) is 129 cm³/mol. The molecule has 1 saturated heterocycles. The third kappa shape index (κ3) is 4.68. The molecule has 1 aliphatic heterocycles. The van der Waals surface area contributed by atoms with Crippen molar-refractivity contribution in [3.63, 3.8) is 0 Å². The monoisotopic (exact) mass is 514 g/mol. The Balaban J connectivity index is 1.55. The summed E-state index contributed by atoms with van der Waals surface area (Å²) in [5.74, 6) is -0.587. The first-order valence-corrected chi connectivity index (χ1v) is 12.2. The van der Waals surface area contributed by atoms with Gasteiger partial charge in [0.25, 0.3) is 21.6 Å². The zero-order chi connectivity index (χ0) is 25.3. The number of sulfonamides is 1. The van der Waals surface area contributed by atoms with E-state index >= 15 is 0 Å². The van der Waals surface area contributed by atoms with E-state index in [1.54, 1.807) is 31.2 Å². The highest BCUT2D eigenvalue weighted by Crippen LogP contribution is 2.34. The molecule has 0 radical (unpaired) electrons. The molecule has 2 N–H and O–H groups in total. The van der Waals surface area contributed by atoms with Crippen molar-refractivity contribution in [2.45, 2.75) is 23.9 Å². The number of nitro benzene ring substituents is 1. The average molecular weight is 515 g/mol. The normalized spacial score (nSPS) is 17.7. The first-order valence-electron chi connectivity index (χ1n) is 10.3. The molecule has 0 aliphatic carbocycles. The summed E-state index contributed by atoms with van der Waals surface area (Å²) in [7, 11) is -4.25. The summed E-state index contributed by atoms with van der Waals surface area (Å²) in [6.07, 6.45) is 0. The number of hydrogen-bond acceptors (Lipinski definition) is 6.